The molecule has 0 atom stereocenters. The van der Waals surface area contributed by atoms with Gasteiger partial charge in [0.2, 0.25) is 5.88 Å². The van der Waals surface area contributed by atoms with E-state index >= 15 is 0 Å². The van der Waals surface area contributed by atoms with Crippen LogP contribution in [-0.4, -0.2) is 4.98 Å². The molecule has 0 aliphatic carbocycles. The summed E-state index contributed by atoms with van der Waals surface area (Å²) < 4.78 is 5.82. The lowest BCUT2D eigenvalue weighted by molar-refractivity contribution is 0.454. The number of alkyl halides is 1. The summed E-state index contributed by atoms with van der Waals surface area (Å²) in [4.78, 5) is 4.24. The topological polar surface area (TPSA) is 22.1 Å². The van der Waals surface area contributed by atoms with Crippen molar-refractivity contribution in [3.8, 4) is 11.6 Å². The number of hydrogen-bond acceptors (Lipinski definition) is 2. The fourth-order valence-electron chi connectivity index (χ4n) is 1.71. The van der Waals surface area contributed by atoms with E-state index in [1.54, 1.807) is 6.20 Å². The van der Waals surface area contributed by atoms with Crippen molar-refractivity contribution >= 4 is 11.6 Å². The standard InChI is InChI=1S/C15H16ClNO/c1-11(2)13-5-3-4-6-14(13)18-15-8-7-12(9-16)10-17-15/h3-8,10-11H,9H2,1-2H3. The Bertz CT molecular complexity index is 508. The van der Waals surface area contributed by atoms with Crippen LogP contribution in [-0.2, 0) is 5.88 Å². The molecule has 2 rings (SSSR count). The van der Waals surface area contributed by atoms with Crippen molar-refractivity contribution in [2.75, 3.05) is 0 Å². The molecule has 3 heteroatoms. The first-order chi connectivity index (χ1) is 8.70. The number of hydrogen-bond donors (Lipinski definition) is 0. The molecular formula is C15H16ClNO. The molecule has 0 bridgehead atoms. The van der Waals surface area contributed by atoms with Gasteiger partial charge in [-0.3, -0.25) is 0 Å². The summed E-state index contributed by atoms with van der Waals surface area (Å²) in [5.41, 5.74) is 2.17. The van der Waals surface area contributed by atoms with Crippen molar-refractivity contribution in [1.29, 1.82) is 0 Å². The second-order valence-electron chi connectivity index (χ2n) is 4.43. The maximum atomic E-state index is 5.82. The summed E-state index contributed by atoms with van der Waals surface area (Å²) in [7, 11) is 0. The highest BCUT2D eigenvalue weighted by Crippen LogP contribution is 2.29. The molecule has 0 unspecified atom stereocenters. The highest BCUT2D eigenvalue weighted by Gasteiger charge is 2.08. The third-order valence-electron chi connectivity index (χ3n) is 2.71. The van der Waals surface area contributed by atoms with Crippen LogP contribution in [0.2, 0.25) is 0 Å². The molecule has 1 aromatic heterocycles. The minimum absolute atomic E-state index is 0.420. The quantitative estimate of drug-likeness (QED) is 0.742. The first-order valence-electron chi connectivity index (χ1n) is 5.98. The predicted molar refractivity (Wildman–Crippen MR) is 74.4 cm³/mol. The second kappa shape index (κ2) is 5.87. The lowest BCUT2D eigenvalue weighted by atomic mass is 10.0. The Morgan fingerprint density at radius 1 is 1.17 bits per heavy atom. The molecule has 0 radical (unpaired) electrons. The molecule has 0 saturated carbocycles. The van der Waals surface area contributed by atoms with E-state index in [1.807, 2.05) is 30.3 Å². The van der Waals surface area contributed by atoms with E-state index in [-0.39, 0.29) is 0 Å². The molecule has 1 heterocycles. The van der Waals surface area contributed by atoms with Crippen molar-refractivity contribution in [2.45, 2.75) is 25.6 Å². The van der Waals surface area contributed by atoms with Gasteiger partial charge in [-0.1, -0.05) is 38.1 Å². The Morgan fingerprint density at radius 2 is 1.94 bits per heavy atom. The van der Waals surface area contributed by atoms with Crippen molar-refractivity contribution in [2.24, 2.45) is 0 Å². The van der Waals surface area contributed by atoms with Gasteiger partial charge in [0.25, 0.3) is 0 Å². The van der Waals surface area contributed by atoms with Crippen LogP contribution in [0.4, 0.5) is 0 Å². The average Bonchev–Trinajstić information content (AvgIpc) is 2.40. The Balaban J connectivity index is 2.22. The van der Waals surface area contributed by atoms with Gasteiger partial charge in [0, 0.05) is 18.1 Å². The fourth-order valence-corrected chi connectivity index (χ4v) is 1.87. The fraction of sp³-hybridized carbons (Fsp3) is 0.267. The van der Waals surface area contributed by atoms with Crippen molar-refractivity contribution < 1.29 is 4.74 Å². The maximum absolute atomic E-state index is 5.82. The normalized spacial score (nSPS) is 10.7. The number of rotatable bonds is 4. The molecule has 0 spiro atoms. The molecule has 2 aromatic rings. The zero-order chi connectivity index (χ0) is 13.0. The van der Waals surface area contributed by atoms with Crippen LogP contribution in [0.15, 0.2) is 42.6 Å². The number of pyridine rings is 1. The van der Waals surface area contributed by atoms with Gasteiger partial charge in [0.15, 0.2) is 0 Å². The Morgan fingerprint density at radius 3 is 2.56 bits per heavy atom. The van der Waals surface area contributed by atoms with Gasteiger partial charge in [0.05, 0.1) is 0 Å². The first-order valence-corrected chi connectivity index (χ1v) is 6.52. The maximum Gasteiger partial charge on any atom is 0.219 e. The van der Waals surface area contributed by atoms with E-state index in [0.29, 0.717) is 17.7 Å². The number of ether oxygens (including phenoxy) is 1. The van der Waals surface area contributed by atoms with Gasteiger partial charge in [-0.25, -0.2) is 4.98 Å². The van der Waals surface area contributed by atoms with Crippen LogP contribution >= 0.6 is 11.6 Å². The molecule has 0 aliphatic heterocycles. The van der Waals surface area contributed by atoms with Crippen LogP contribution in [0.3, 0.4) is 0 Å². The molecule has 0 N–H and O–H groups in total. The highest BCUT2D eigenvalue weighted by molar-refractivity contribution is 6.17. The first kappa shape index (κ1) is 12.9. The van der Waals surface area contributed by atoms with E-state index in [9.17, 15) is 0 Å². The van der Waals surface area contributed by atoms with Crippen LogP contribution < -0.4 is 4.74 Å². The van der Waals surface area contributed by atoms with Crippen LogP contribution in [0.1, 0.15) is 30.9 Å². The third-order valence-corrected chi connectivity index (χ3v) is 3.02. The van der Waals surface area contributed by atoms with E-state index in [0.717, 1.165) is 11.3 Å². The lowest BCUT2D eigenvalue weighted by Gasteiger charge is -2.12. The predicted octanol–water partition coefficient (Wildman–Crippen LogP) is 4.74. The van der Waals surface area contributed by atoms with E-state index < -0.39 is 0 Å². The summed E-state index contributed by atoms with van der Waals surface area (Å²) >= 11 is 5.73. The molecule has 94 valence electrons. The molecule has 0 saturated heterocycles. The summed E-state index contributed by atoms with van der Waals surface area (Å²) in [6.07, 6.45) is 1.74. The van der Waals surface area contributed by atoms with E-state index in [1.165, 1.54) is 5.56 Å². The number of nitrogens with zero attached hydrogens (tertiary/aromatic N) is 1. The molecule has 0 aliphatic rings. The molecule has 18 heavy (non-hydrogen) atoms. The van der Waals surface area contributed by atoms with Crippen molar-refractivity contribution in [3.63, 3.8) is 0 Å². The number of halogens is 1. The lowest BCUT2D eigenvalue weighted by Crippen LogP contribution is -1.95. The van der Waals surface area contributed by atoms with Crippen LogP contribution in [0.5, 0.6) is 11.6 Å². The van der Waals surface area contributed by atoms with Gasteiger partial charge in [-0.05, 0) is 23.1 Å². The minimum Gasteiger partial charge on any atom is -0.439 e. The molecule has 0 amide bonds. The highest BCUT2D eigenvalue weighted by atomic mass is 35.5. The van der Waals surface area contributed by atoms with Gasteiger partial charge in [-0.2, -0.15) is 0 Å². The van der Waals surface area contributed by atoms with Crippen molar-refractivity contribution in [1.82, 2.24) is 4.98 Å². The van der Waals surface area contributed by atoms with Gasteiger partial charge in [-0.15, -0.1) is 11.6 Å². The van der Waals surface area contributed by atoms with Gasteiger partial charge in [0.1, 0.15) is 5.75 Å². The Kier molecular flexibility index (Phi) is 4.21. The second-order valence-corrected chi connectivity index (χ2v) is 4.70. The van der Waals surface area contributed by atoms with Gasteiger partial charge >= 0.3 is 0 Å². The average molecular weight is 262 g/mol. The van der Waals surface area contributed by atoms with Crippen LogP contribution in [0.25, 0.3) is 0 Å². The molecular weight excluding hydrogens is 246 g/mol. The zero-order valence-electron chi connectivity index (χ0n) is 10.6. The largest absolute Gasteiger partial charge is 0.439 e. The Labute approximate surface area is 113 Å². The SMILES string of the molecule is CC(C)c1ccccc1Oc1ccc(CCl)cn1. The number of benzene rings is 1. The molecule has 1 aromatic carbocycles. The summed E-state index contributed by atoms with van der Waals surface area (Å²) in [6.45, 7) is 4.29. The summed E-state index contributed by atoms with van der Waals surface area (Å²) in [5, 5.41) is 0. The number of aromatic nitrogens is 1. The Hall–Kier alpha value is -1.54. The summed E-state index contributed by atoms with van der Waals surface area (Å²) in [6, 6.07) is 11.8. The summed E-state index contributed by atoms with van der Waals surface area (Å²) in [5.74, 6) is 2.34. The minimum atomic E-state index is 0.420. The van der Waals surface area contributed by atoms with Gasteiger partial charge < -0.3 is 4.74 Å². The third kappa shape index (κ3) is 3.02. The smallest absolute Gasteiger partial charge is 0.219 e. The zero-order valence-corrected chi connectivity index (χ0v) is 11.3. The van der Waals surface area contributed by atoms with Crippen LogP contribution in [0, 0.1) is 0 Å². The number of para-hydroxylation sites is 1. The van der Waals surface area contributed by atoms with E-state index in [4.69, 9.17) is 16.3 Å². The van der Waals surface area contributed by atoms with E-state index in [2.05, 4.69) is 24.9 Å². The molecule has 0 fully saturated rings. The van der Waals surface area contributed by atoms with Crippen molar-refractivity contribution in [3.05, 3.63) is 53.7 Å². The molecule has 2 nitrogen and oxygen atoms in total. The monoisotopic (exact) mass is 261 g/mol.